The van der Waals surface area contributed by atoms with E-state index >= 15 is 0 Å². The van der Waals surface area contributed by atoms with Gasteiger partial charge in [-0.3, -0.25) is 0 Å². The van der Waals surface area contributed by atoms with Gasteiger partial charge in [0.15, 0.2) is 0 Å². The van der Waals surface area contributed by atoms with Crippen molar-refractivity contribution in [3.63, 3.8) is 0 Å². The Balaban J connectivity index is 2.25. The van der Waals surface area contributed by atoms with Crippen LogP contribution in [0, 0.1) is 5.82 Å². The van der Waals surface area contributed by atoms with Gasteiger partial charge >= 0.3 is 0 Å². The molecule has 0 aliphatic heterocycles. The average Bonchev–Trinajstić information content (AvgIpc) is 2.15. The molecule has 1 aromatic rings. The van der Waals surface area contributed by atoms with Crippen LogP contribution in [0.5, 0.6) is 0 Å². The number of halogens is 1. The van der Waals surface area contributed by atoms with Crippen LogP contribution in [0.25, 0.3) is 0 Å². The Kier molecular flexibility index (Phi) is 4.43. The molecule has 0 aliphatic carbocycles. The first-order valence-electron chi connectivity index (χ1n) is 4.42. The standard InChI is InChI=1S/C10H15FN2/c1-12-6-7-13-8-9-2-4-10(11)5-3-9/h2-5,12-13H,6-8H2,1H3. The molecule has 0 spiro atoms. The zero-order valence-electron chi connectivity index (χ0n) is 7.81. The Morgan fingerprint density at radius 2 is 1.85 bits per heavy atom. The van der Waals surface area contributed by atoms with E-state index in [0.29, 0.717) is 0 Å². The van der Waals surface area contributed by atoms with Crippen LogP contribution in [0.4, 0.5) is 4.39 Å². The minimum atomic E-state index is -0.182. The third kappa shape index (κ3) is 4.01. The van der Waals surface area contributed by atoms with Gasteiger partial charge in [0.05, 0.1) is 0 Å². The lowest BCUT2D eigenvalue weighted by Gasteiger charge is -2.03. The highest BCUT2D eigenvalue weighted by Crippen LogP contribution is 2.01. The topological polar surface area (TPSA) is 24.1 Å². The molecule has 0 atom stereocenters. The summed E-state index contributed by atoms with van der Waals surface area (Å²) in [5, 5.41) is 6.28. The maximum Gasteiger partial charge on any atom is 0.123 e. The highest BCUT2D eigenvalue weighted by molar-refractivity contribution is 5.15. The average molecular weight is 182 g/mol. The summed E-state index contributed by atoms with van der Waals surface area (Å²) in [6.07, 6.45) is 0. The highest BCUT2D eigenvalue weighted by atomic mass is 19.1. The van der Waals surface area contributed by atoms with E-state index in [4.69, 9.17) is 0 Å². The number of hydrogen-bond donors (Lipinski definition) is 2. The number of nitrogens with one attached hydrogen (secondary N) is 2. The first kappa shape index (κ1) is 10.2. The normalized spacial score (nSPS) is 10.3. The van der Waals surface area contributed by atoms with Crippen molar-refractivity contribution in [2.24, 2.45) is 0 Å². The van der Waals surface area contributed by atoms with E-state index in [0.717, 1.165) is 25.2 Å². The lowest BCUT2D eigenvalue weighted by Crippen LogP contribution is -2.24. The van der Waals surface area contributed by atoms with E-state index in [-0.39, 0.29) is 5.82 Å². The molecule has 0 aromatic heterocycles. The number of benzene rings is 1. The fraction of sp³-hybridized carbons (Fsp3) is 0.400. The predicted octanol–water partition coefficient (Wildman–Crippen LogP) is 1.13. The summed E-state index contributed by atoms with van der Waals surface area (Å²) in [7, 11) is 1.92. The van der Waals surface area contributed by atoms with Crippen LogP contribution in [0.1, 0.15) is 5.56 Å². The van der Waals surface area contributed by atoms with Crippen molar-refractivity contribution < 1.29 is 4.39 Å². The summed E-state index contributed by atoms with van der Waals surface area (Å²) in [5.41, 5.74) is 1.11. The van der Waals surface area contributed by atoms with Crippen LogP contribution >= 0.6 is 0 Å². The molecule has 0 saturated heterocycles. The lowest BCUT2D eigenvalue weighted by molar-refractivity contribution is 0.623. The molecule has 0 heterocycles. The van der Waals surface area contributed by atoms with Crippen LogP contribution in [0.15, 0.2) is 24.3 Å². The van der Waals surface area contributed by atoms with Crippen molar-refractivity contribution in [2.45, 2.75) is 6.54 Å². The molecule has 13 heavy (non-hydrogen) atoms. The first-order valence-corrected chi connectivity index (χ1v) is 4.42. The van der Waals surface area contributed by atoms with Crippen molar-refractivity contribution >= 4 is 0 Å². The predicted molar refractivity (Wildman–Crippen MR) is 52.0 cm³/mol. The Morgan fingerprint density at radius 1 is 1.15 bits per heavy atom. The maximum atomic E-state index is 12.5. The summed E-state index contributed by atoms with van der Waals surface area (Å²) < 4.78 is 12.5. The summed E-state index contributed by atoms with van der Waals surface area (Å²) in [4.78, 5) is 0. The molecule has 0 bridgehead atoms. The van der Waals surface area contributed by atoms with Crippen LogP contribution in [-0.4, -0.2) is 20.1 Å². The molecule has 0 amide bonds. The summed E-state index contributed by atoms with van der Waals surface area (Å²) in [5.74, 6) is -0.182. The van der Waals surface area contributed by atoms with Crippen molar-refractivity contribution in [1.29, 1.82) is 0 Å². The van der Waals surface area contributed by atoms with Crippen molar-refractivity contribution in [2.75, 3.05) is 20.1 Å². The van der Waals surface area contributed by atoms with Crippen LogP contribution in [0.3, 0.4) is 0 Å². The SMILES string of the molecule is CNCCNCc1ccc(F)cc1. The number of hydrogen-bond acceptors (Lipinski definition) is 2. The number of rotatable bonds is 5. The summed E-state index contributed by atoms with van der Waals surface area (Å²) in [6.45, 7) is 2.66. The smallest absolute Gasteiger partial charge is 0.123 e. The third-order valence-corrected chi connectivity index (χ3v) is 1.79. The molecule has 2 N–H and O–H groups in total. The zero-order chi connectivity index (χ0) is 9.52. The van der Waals surface area contributed by atoms with Crippen molar-refractivity contribution in [3.05, 3.63) is 35.6 Å². The molecular weight excluding hydrogens is 167 g/mol. The van der Waals surface area contributed by atoms with Crippen molar-refractivity contribution in [1.82, 2.24) is 10.6 Å². The second kappa shape index (κ2) is 5.67. The van der Waals surface area contributed by atoms with E-state index in [1.807, 2.05) is 7.05 Å². The largest absolute Gasteiger partial charge is 0.318 e. The second-order valence-electron chi connectivity index (χ2n) is 2.91. The molecule has 0 saturated carbocycles. The van der Waals surface area contributed by atoms with Gasteiger partial charge < -0.3 is 10.6 Å². The fourth-order valence-electron chi connectivity index (χ4n) is 1.05. The van der Waals surface area contributed by atoms with Gasteiger partial charge in [-0.25, -0.2) is 4.39 Å². The Morgan fingerprint density at radius 3 is 2.46 bits per heavy atom. The van der Waals surface area contributed by atoms with Crippen LogP contribution in [-0.2, 0) is 6.54 Å². The van der Waals surface area contributed by atoms with Gasteiger partial charge in [0.1, 0.15) is 5.82 Å². The van der Waals surface area contributed by atoms with Gasteiger partial charge in [-0.05, 0) is 24.7 Å². The fourth-order valence-corrected chi connectivity index (χ4v) is 1.05. The quantitative estimate of drug-likeness (QED) is 0.667. The molecule has 0 fully saturated rings. The Hall–Kier alpha value is -0.930. The monoisotopic (exact) mass is 182 g/mol. The van der Waals surface area contributed by atoms with Gasteiger partial charge in [0.2, 0.25) is 0 Å². The van der Waals surface area contributed by atoms with Crippen molar-refractivity contribution in [3.8, 4) is 0 Å². The molecule has 1 rings (SSSR count). The summed E-state index contributed by atoms with van der Waals surface area (Å²) in [6, 6.07) is 6.55. The molecule has 2 nitrogen and oxygen atoms in total. The van der Waals surface area contributed by atoms with E-state index in [9.17, 15) is 4.39 Å². The van der Waals surface area contributed by atoms with Gasteiger partial charge in [0, 0.05) is 19.6 Å². The molecule has 0 radical (unpaired) electrons. The minimum Gasteiger partial charge on any atom is -0.318 e. The first-order chi connectivity index (χ1) is 6.33. The van der Waals surface area contributed by atoms with E-state index < -0.39 is 0 Å². The molecule has 72 valence electrons. The molecule has 0 aliphatic rings. The third-order valence-electron chi connectivity index (χ3n) is 1.79. The minimum absolute atomic E-state index is 0.182. The zero-order valence-corrected chi connectivity index (χ0v) is 7.81. The lowest BCUT2D eigenvalue weighted by atomic mass is 10.2. The molecule has 1 aromatic carbocycles. The summed E-state index contributed by atoms with van der Waals surface area (Å²) >= 11 is 0. The molecular formula is C10H15FN2. The van der Waals surface area contributed by atoms with E-state index in [2.05, 4.69) is 10.6 Å². The van der Waals surface area contributed by atoms with Gasteiger partial charge in [-0.2, -0.15) is 0 Å². The second-order valence-corrected chi connectivity index (χ2v) is 2.91. The van der Waals surface area contributed by atoms with Gasteiger partial charge in [0.25, 0.3) is 0 Å². The Bertz CT molecular complexity index is 233. The van der Waals surface area contributed by atoms with Gasteiger partial charge in [-0.15, -0.1) is 0 Å². The Labute approximate surface area is 78.2 Å². The molecule has 0 unspecified atom stereocenters. The van der Waals surface area contributed by atoms with Crippen LogP contribution < -0.4 is 10.6 Å². The van der Waals surface area contributed by atoms with E-state index in [1.54, 1.807) is 12.1 Å². The molecule has 3 heteroatoms. The van der Waals surface area contributed by atoms with Gasteiger partial charge in [-0.1, -0.05) is 12.1 Å². The maximum absolute atomic E-state index is 12.5. The highest BCUT2D eigenvalue weighted by Gasteiger charge is 1.92. The van der Waals surface area contributed by atoms with E-state index in [1.165, 1.54) is 12.1 Å². The number of likely N-dealkylation sites (N-methyl/N-ethyl adjacent to an activating group) is 1. The van der Waals surface area contributed by atoms with Crippen LogP contribution in [0.2, 0.25) is 0 Å².